The summed E-state index contributed by atoms with van der Waals surface area (Å²) in [6.45, 7) is 0.609. The number of nitrogens with two attached hydrogens (primary N) is 1. The van der Waals surface area contributed by atoms with E-state index in [-0.39, 0.29) is 0 Å². The van der Waals surface area contributed by atoms with E-state index in [1.165, 1.54) is 43.5 Å². The van der Waals surface area contributed by atoms with Gasteiger partial charge in [0.25, 0.3) is 0 Å². The van der Waals surface area contributed by atoms with Gasteiger partial charge in [-0.2, -0.15) is 0 Å². The number of H-pyrrole nitrogens is 1. The molecular weight excluding hydrogens is 210 g/mol. The standard InChI is InChI=1S/C14H21N3/c15-6-12-14(17-7-16-12)13-10-2-8-1-9(4-10)5-11(13)3-8/h7-11,13H,1-6,15H2,(H,16,17). The maximum Gasteiger partial charge on any atom is 0.0925 e. The fourth-order valence-corrected chi connectivity index (χ4v) is 5.15. The van der Waals surface area contributed by atoms with E-state index in [1.807, 2.05) is 6.33 Å². The third kappa shape index (κ3) is 1.41. The molecule has 4 saturated carbocycles. The van der Waals surface area contributed by atoms with E-state index in [0.717, 1.165) is 23.7 Å². The van der Waals surface area contributed by atoms with E-state index in [2.05, 4.69) is 9.97 Å². The smallest absolute Gasteiger partial charge is 0.0925 e. The summed E-state index contributed by atoms with van der Waals surface area (Å²) in [6.07, 6.45) is 9.17. The Hall–Kier alpha value is -0.830. The van der Waals surface area contributed by atoms with Crippen molar-refractivity contribution in [3.63, 3.8) is 0 Å². The summed E-state index contributed by atoms with van der Waals surface area (Å²) in [6, 6.07) is 0. The number of rotatable bonds is 2. The minimum atomic E-state index is 0.609. The average Bonchev–Trinajstić information content (AvgIpc) is 2.75. The van der Waals surface area contributed by atoms with Gasteiger partial charge < -0.3 is 10.7 Å². The fraction of sp³-hybridized carbons (Fsp3) is 0.786. The number of imidazole rings is 1. The first-order valence-electron chi connectivity index (χ1n) is 7.07. The molecule has 4 aliphatic carbocycles. The zero-order valence-electron chi connectivity index (χ0n) is 10.2. The van der Waals surface area contributed by atoms with Crippen LogP contribution in [0, 0.1) is 23.7 Å². The van der Waals surface area contributed by atoms with Gasteiger partial charge >= 0.3 is 0 Å². The Labute approximate surface area is 102 Å². The van der Waals surface area contributed by atoms with E-state index >= 15 is 0 Å². The lowest BCUT2D eigenvalue weighted by Crippen LogP contribution is -2.44. The van der Waals surface area contributed by atoms with Crippen LogP contribution in [0.4, 0.5) is 0 Å². The van der Waals surface area contributed by atoms with Gasteiger partial charge in [-0.3, -0.25) is 0 Å². The van der Waals surface area contributed by atoms with Crippen molar-refractivity contribution in [3.8, 4) is 0 Å². The second-order valence-electron chi connectivity index (χ2n) is 6.43. The van der Waals surface area contributed by atoms with Gasteiger partial charge in [-0.05, 0) is 55.8 Å². The van der Waals surface area contributed by atoms with E-state index in [4.69, 9.17) is 5.73 Å². The molecule has 3 nitrogen and oxygen atoms in total. The molecule has 5 rings (SSSR count). The summed E-state index contributed by atoms with van der Waals surface area (Å²) in [5.74, 6) is 4.59. The number of hydrogen-bond donors (Lipinski definition) is 2. The molecule has 0 aromatic carbocycles. The predicted octanol–water partition coefficient (Wildman–Crippen LogP) is 2.41. The molecule has 4 fully saturated rings. The molecule has 0 atom stereocenters. The summed E-state index contributed by atoms with van der Waals surface area (Å²) in [7, 11) is 0. The molecule has 92 valence electrons. The van der Waals surface area contributed by atoms with Crippen LogP contribution in [0.2, 0.25) is 0 Å². The Morgan fingerprint density at radius 3 is 2.35 bits per heavy atom. The van der Waals surface area contributed by atoms with Gasteiger partial charge in [0.2, 0.25) is 0 Å². The summed E-state index contributed by atoms with van der Waals surface area (Å²) in [5, 5.41) is 0. The van der Waals surface area contributed by atoms with Gasteiger partial charge in [0.1, 0.15) is 0 Å². The van der Waals surface area contributed by atoms with Crippen molar-refractivity contribution in [2.75, 3.05) is 0 Å². The van der Waals surface area contributed by atoms with Crippen molar-refractivity contribution in [1.82, 2.24) is 9.97 Å². The minimum absolute atomic E-state index is 0.609. The van der Waals surface area contributed by atoms with E-state index in [9.17, 15) is 0 Å². The van der Waals surface area contributed by atoms with Crippen LogP contribution >= 0.6 is 0 Å². The predicted molar refractivity (Wildman–Crippen MR) is 66.3 cm³/mol. The lowest BCUT2D eigenvalue weighted by molar-refractivity contribution is -0.00431. The highest BCUT2D eigenvalue weighted by atomic mass is 14.9. The van der Waals surface area contributed by atoms with E-state index in [0.29, 0.717) is 12.5 Å². The summed E-state index contributed by atoms with van der Waals surface area (Å²) in [4.78, 5) is 7.83. The van der Waals surface area contributed by atoms with Gasteiger partial charge in [0, 0.05) is 12.5 Å². The highest BCUT2D eigenvalue weighted by Gasteiger charge is 2.49. The summed E-state index contributed by atoms with van der Waals surface area (Å²) < 4.78 is 0. The Balaban J connectivity index is 1.70. The Morgan fingerprint density at radius 2 is 1.76 bits per heavy atom. The molecule has 4 aliphatic rings. The SMILES string of the molecule is NCc1[nH]cnc1C1C2CC3CC(C2)CC1C3. The fourth-order valence-electron chi connectivity index (χ4n) is 5.15. The van der Waals surface area contributed by atoms with Crippen molar-refractivity contribution in [2.45, 2.75) is 44.6 Å². The summed E-state index contributed by atoms with van der Waals surface area (Å²) in [5.41, 5.74) is 8.31. The van der Waals surface area contributed by atoms with Gasteiger partial charge in [-0.15, -0.1) is 0 Å². The third-order valence-electron chi connectivity index (χ3n) is 5.50. The molecule has 1 aromatic rings. The molecule has 1 aromatic heterocycles. The van der Waals surface area contributed by atoms with Gasteiger partial charge in [0.15, 0.2) is 0 Å². The number of nitrogens with zero attached hydrogens (tertiary/aromatic N) is 1. The van der Waals surface area contributed by atoms with Crippen LogP contribution in [0.1, 0.15) is 49.4 Å². The zero-order chi connectivity index (χ0) is 11.4. The van der Waals surface area contributed by atoms with Crippen LogP contribution in [0.5, 0.6) is 0 Å². The highest BCUT2D eigenvalue weighted by molar-refractivity contribution is 5.21. The van der Waals surface area contributed by atoms with Crippen LogP contribution in [0.15, 0.2) is 6.33 Å². The summed E-state index contributed by atoms with van der Waals surface area (Å²) >= 11 is 0. The minimum Gasteiger partial charge on any atom is -0.347 e. The first-order valence-corrected chi connectivity index (χ1v) is 7.07. The lowest BCUT2D eigenvalue weighted by atomic mass is 9.51. The van der Waals surface area contributed by atoms with Crippen LogP contribution < -0.4 is 5.73 Å². The maximum absolute atomic E-state index is 5.82. The average molecular weight is 231 g/mol. The maximum atomic E-state index is 5.82. The molecular formula is C14H21N3. The van der Waals surface area contributed by atoms with Crippen LogP contribution in [0.3, 0.4) is 0 Å². The number of hydrogen-bond acceptors (Lipinski definition) is 2. The molecule has 4 bridgehead atoms. The third-order valence-corrected chi connectivity index (χ3v) is 5.50. The second-order valence-corrected chi connectivity index (χ2v) is 6.43. The zero-order valence-corrected chi connectivity index (χ0v) is 10.2. The van der Waals surface area contributed by atoms with Crippen molar-refractivity contribution >= 4 is 0 Å². The van der Waals surface area contributed by atoms with Crippen LogP contribution in [-0.4, -0.2) is 9.97 Å². The van der Waals surface area contributed by atoms with Crippen molar-refractivity contribution < 1.29 is 0 Å². The van der Waals surface area contributed by atoms with Crippen molar-refractivity contribution in [1.29, 1.82) is 0 Å². The lowest BCUT2D eigenvalue weighted by Gasteiger charge is -2.54. The molecule has 0 aliphatic heterocycles. The Kier molecular flexibility index (Phi) is 2.13. The molecule has 1 heterocycles. The molecule has 0 unspecified atom stereocenters. The molecule has 0 radical (unpaired) electrons. The Bertz CT molecular complexity index is 395. The van der Waals surface area contributed by atoms with Crippen LogP contribution in [-0.2, 0) is 6.54 Å². The highest BCUT2D eigenvalue weighted by Crippen LogP contribution is 2.59. The molecule has 3 N–H and O–H groups in total. The normalized spacial score (nSPS) is 43.2. The van der Waals surface area contributed by atoms with Gasteiger partial charge in [-0.25, -0.2) is 4.98 Å². The molecule has 17 heavy (non-hydrogen) atoms. The number of aromatic amines is 1. The van der Waals surface area contributed by atoms with Crippen LogP contribution in [0.25, 0.3) is 0 Å². The van der Waals surface area contributed by atoms with E-state index in [1.54, 1.807) is 0 Å². The first-order chi connectivity index (χ1) is 8.35. The van der Waals surface area contributed by atoms with Gasteiger partial charge in [0.05, 0.1) is 17.7 Å². The largest absolute Gasteiger partial charge is 0.347 e. The molecule has 0 amide bonds. The quantitative estimate of drug-likeness (QED) is 0.821. The molecule has 0 spiro atoms. The Morgan fingerprint density at radius 1 is 1.12 bits per heavy atom. The number of nitrogens with one attached hydrogen (secondary N) is 1. The number of aromatic nitrogens is 2. The van der Waals surface area contributed by atoms with Gasteiger partial charge in [-0.1, -0.05) is 0 Å². The molecule has 3 heteroatoms. The van der Waals surface area contributed by atoms with E-state index < -0.39 is 0 Å². The topological polar surface area (TPSA) is 54.7 Å². The van der Waals surface area contributed by atoms with Crippen molar-refractivity contribution in [3.05, 3.63) is 17.7 Å². The first kappa shape index (κ1) is 10.1. The monoisotopic (exact) mass is 231 g/mol. The van der Waals surface area contributed by atoms with Crippen molar-refractivity contribution in [2.24, 2.45) is 29.4 Å². The molecule has 0 saturated heterocycles. The second kappa shape index (κ2) is 3.58.